The molecule has 2 aromatic rings. The van der Waals surface area contributed by atoms with E-state index in [1.807, 2.05) is 0 Å². The van der Waals surface area contributed by atoms with Gasteiger partial charge in [0.05, 0.1) is 12.6 Å². The number of benzene rings is 2. The number of phenols is 1. The first kappa shape index (κ1) is 18.4. The van der Waals surface area contributed by atoms with Crippen LogP contribution in [0.15, 0.2) is 58.6 Å². The van der Waals surface area contributed by atoms with Crippen molar-refractivity contribution in [3.05, 3.63) is 59.1 Å². The van der Waals surface area contributed by atoms with Gasteiger partial charge in [-0.1, -0.05) is 29.8 Å². The molecule has 1 aliphatic rings. The summed E-state index contributed by atoms with van der Waals surface area (Å²) in [6.07, 6.45) is 1.27. The van der Waals surface area contributed by atoms with Crippen molar-refractivity contribution in [1.29, 1.82) is 0 Å². The van der Waals surface area contributed by atoms with E-state index in [9.17, 15) is 14.7 Å². The second kappa shape index (κ2) is 8.33. The van der Waals surface area contributed by atoms with Crippen LogP contribution < -0.4 is 16.1 Å². The molecule has 3 rings (SSSR count). The molecular weight excluding hydrogens is 370 g/mol. The Kier molecular flexibility index (Phi) is 5.68. The number of anilines is 1. The summed E-state index contributed by atoms with van der Waals surface area (Å²) in [6.45, 7) is 0. The molecule has 4 N–H and O–H groups in total. The molecule has 0 spiro atoms. The Bertz CT molecular complexity index is 929. The van der Waals surface area contributed by atoms with Gasteiger partial charge in [0.2, 0.25) is 11.9 Å². The molecule has 0 saturated heterocycles. The second-order valence-electron chi connectivity index (χ2n) is 5.67. The number of carbonyl (C=O) groups is 2. The maximum atomic E-state index is 12.1. The Morgan fingerprint density at radius 3 is 2.89 bits per heavy atom. The van der Waals surface area contributed by atoms with E-state index in [1.54, 1.807) is 42.5 Å². The molecule has 2 aromatic carbocycles. The number of rotatable bonds is 5. The van der Waals surface area contributed by atoms with Crippen LogP contribution >= 0.6 is 11.6 Å². The van der Waals surface area contributed by atoms with Gasteiger partial charge in [0.15, 0.2) is 0 Å². The van der Waals surface area contributed by atoms with E-state index in [0.29, 0.717) is 16.3 Å². The number of amides is 2. The summed E-state index contributed by atoms with van der Waals surface area (Å²) in [4.78, 5) is 28.1. The molecule has 1 atom stereocenters. The van der Waals surface area contributed by atoms with Crippen LogP contribution in [0.1, 0.15) is 12.0 Å². The fourth-order valence-corrected chi connectivity index (χ4v) is 2.55. The van der Waals surface area contributed by atoms with E-state index < -0.39 is 11.9 Å². The molecule has 0 radical (unpaired) electrons. The van der Waals surface area contributed by atoms with Gasteiger partial charge in [-0.05, 0) is 30.3 Å². The van der Waals surface area contributed by atoms with Gasteiger partial charge in [-0.3, -0.25) is 14.9 Å². The van der Waals surface area contributed by atoms with Crippen LogP contribution in [0.4, 0.5) is 5.69 Å². The summed E-state index contributed by atoms with van der Waals surface area (Å²) >= 11 is 5.87. The van der Waals surface area contributed by atoms with Gasteiger partial charge < -0.3 is 10.4 Å². The Balaban J connectivity index is 1.56. The molecular formula is C18H16ClN5O3. The van der Waals surface area contributed by atoms with Gasteiger partial charge in [0.25, 0.3) is 5.91 Å². The molecule has 1 unspecified atom stereocenters. The molecule has 8 nitrogen and oxygen atoms in total. The molecule has 2 amide bonds. The highest BCUT2D eigenvalue weighted by Gasteiger charge is 2.28. The lowest BCUT2D eigenvalue weighted by molar-refractivity contribution is -0.123. The molecule has 0 fully saturated rings. The number of hydrazone groups is 1. The second-order valence-corrected chi connectivity index (χ2v) is 6.11. The van der Waals surface area contributed by atoms with Crippen LogP contribution in [-0.4, -0.2) is 35.1 Å². The quantitative estimate of drug-likeness (QED) is 0.464. The summed E-state index contributed by atoms with van der Waals surface area (Å²) < 4.78 is 0. The van der Waals surface area contributed by atoms with Gasteiger partial charge in [0.1, 0.15) is 11.8 Å². The SMILES string of the molecule is O=C(CC1N=C(NN=Cc2ccccc2O)NC1=O)Nc1cccc(Cl)c1. The minimum absolute atomic E-state index is 0.0796. The predicted molar refractivity (Wildman–Crippen MR) is 103 cm³/mol. The molecule has 0 aliphatic carbocycles. The smallest absolute Gasteiger partial charge is 0.252 e. The number of nitrogens with one attached hydrogen (secondary N) is 3. The van der Waals surface area contributed by atoms with E-state index in [4.69, 9.17) is 11.6 Å². The van der Waals surface area contributed by atoms with Crippen molar-refractivity contribution in [2.75, 3.05) is 5.32 Å². The maximum absolute atomic E-state index is 12.1. The highest BCUT2D eigenvalue weighted by Crippen LogP contribution is 2.16. The average molecular weight is 386 g/mol. The van der Waals surface area contributed by atoms with E-state index in [-0.39, 0.29) is 24.0 Å². The number of guanidine groups is 1. The summed E-state index contributed by atoms with van der Waals surface area (Å²) in [5.41, 5.74) is 3.62. The van der Waals surface area contributed by atoms with Crippen LogP contribution in [0.3, 0.4) is 0 Å². The summed E-state index contributed by atoms with van der Waals surface area (Å²) in [6, 6.07) is 12.5. The number of phenolic OH excluding ortho intramolecular Hbond substituents is 1. The van der Waals surface area contributed by atoms with Crippen molar-refractivity contribution in [1.82, 2.24) is 10.7 Å². The first-order valence-electron chi connectivity index (χ1n) is 8.02. The standard InChI is InChI=1S/C18H16ClN5O3/c19-12-5-3-6-13(8-12)21-16(26)9-14-17(27)23-18(22-14)24-20-10-11-4-1-2-7-15(11)25/h1-8,10,14,25H,9H2,(H,21,26)(H2,22,23,24,27). The zero-order valence-electron chi connectivity index (χ0n) is 14.0. The topological polar surface area (TPSA) is 115 Å². The van der Waals surface area contributed by atoms with E-state index in [0.717, 1.165) is 0 Å². The van der Waals surface area contributed by atoms with E-state index in [1.165, 1.54) is 12.3 Å². The zero-order valence-corrected chi connectivity index (χ0v) is 14.8. The van der Waals surface area contributed by atoms with Crippen LogP contribution in [0.2, 0.25) is 5.02 Å². The Morgan fingerprint density at radius 2 is 2.11 bits per heavy atom. The molecule has 27 heavy (non-hydrogen) atoms. The highest BCUT2D eigenvalue weighted by molar-refractivity contribution is 6.30. The number of halogens is 1. The number of carbonyl (C=O) groups excluding carboxylic acids is 2. The van der Waals surface area contributed by atoms with Crippen molar-refractivity contribution in [2.24, 2.45) is 10.1 Å². The monoisotopic (exact) mass is 385 g/mol. The third-order valence-corrected chi connectivity index (χ3v) is 3.86. The number of nitrogens with zero attached hydrogens (tertiary/aromatic N) is 2. The van der Waals surface area contributed by atoms with Crippen molar-refractivity contribution < 1.29 is 14.7 Å². The summed E-state index contributed by atoms with van der Waals surface area (Å²) in [7, 11) is 0. The molecule has 1 heterocycles. The van der Waals surface area contributed by atoms with Crippen LogP contribution in [-0.2, 0) is 9.59 Å². The Hall–Kier alpha value is -3.39. The van der Waals surface area contributed by atoms with Gasteiger partial charge >= 0.3 is 0 Å². The van der Waals surface area contributed by atoms with Crippen molar-refractivity contribution >= 4 is 41.3 Å². The predicted octanol–water partition coefficient (Wildman–Crippen LogP) is 1.85. The molecule has 0 aromatic heterocycles. The molecule has 0 saturated carbocycles. The van der Waals surface area contributed by atoms with Gasteiger partial charge in [-0.2, -0.15) is 5.10 Å². The van der Waals surface area contributed by atoms with Crippen LogP contribution in [0, 0.1) is 0 Å². The minimum atomic E-state index is -0.855. The summed E-state index contributed by atoms with van der Waals surface area (Å²) in [5.74, 6) is -0.556. The highest BCUT2D eigenvalue weighted by atomic mass is 35.5. The van der Waals surface area contributed by atoms with Crippen molar-refractivity contribution in [3.63, 3.8) is 0 Å². The normalized spacial score (nSPS) is 16.1. The maximum Gasteiger partial charge on any atom is 0.252 e. The number of aliphatic imine (C=N–C) groups is 1. The molecule has 138 valence electrons. The van der Waals surface area contributed by atoms with Crippen molar-refractivity contribution in [3.8, 4) is 5.75 Å². The fourth-order valence-electron chi connectivity index (χ4n) is 2.36. The number of aromatic hydroxyl groups is 1. The largest absolute Gasteiger partial charge is 0.507 e. The molecule has 9 heteroatoms. The summed E-state index contributed by atoms with van der Waals surface area (Å²) in [5, 5.41) is 19.2. The first-order valence-corrected chi connectivity index (χ1v) is 8.40. The van der Waals surface area contributed by atoms with Gasteiger partial charge in [-0.15, -0.1) is 0 Å². The van der Waals surface area contributed by atoms with Crippen LogP contribution in [0.5, 0.6) is 5.75 Å². The average Bonchev–Trinajstić information content (AvgIpc) is 2.96. The Morgan fingerprint density at radius 1 is 1.30 bits per heavy atom. The molecule has 1 aliphatic heterocycles. The number of hydrogen-bond donors (Lipinski definition) is 4. The minimum Gasteiger partial charge on any atom is -0.507 e. The van der Waals surface area contributed by atoms with Crippen molar-refractivity contribution in [2.45, 2.75) is 12.5 Å². The fraction of sp³-hybridized carbons (Fsp3) is 0.111. The third kappa shape index (κ3) is 5.05. The number of hydrogen-bond acceptors (Lipinski definition) is 6. The third-order valence-electron chi connectivity index (χ3n) is 3.63. The lowest BCUT2D eigenvalue weighted by Gasteiger charge is -2.07. The van der Waals surface area contributed by atoms with Crippen LogP contribution in [0.25, 0.3) is 0 Å². The number of para-hydroxylation sites is 1. The first-order chi connectivity index (χ1) is 13.0. The molecule has 0 bridgehead atoms. The van der Waals surface area contributed by atoms with Gasteiger partial charge in [0, 0.05) is 16.3 Å². The Labute approximate surface area is 160 Å². The zero-order chi connectivity index (χ0) is 19.2. The van der Waals surface area contributed by atoms with E-state index >= 15 is 0 Å². The van der Waals surface area contributed by atoms with E-state index in [2.05, 4.69) is 26.2 Å². The van der Waals surface area contributed by atoms with Gasteiger partial charge in [-0.25, -0.2) is 10.4 Å². The lowest BCUT2D eigenvalue weighted by Crippen LogP contribution is -2.35. The lowest BCUT2D eigenvalue weighted by atomic mass is 10.2.